The van der Waals surface area contributed by atoms with Crippen LogP contribution in [0.4, 0.5) is 0 Å². The van der Waals surface area contributed by atoms with E-state index in [-0.39, 0.29) is 18.0 Å². The van der Waals surface area contributed by atoms with Crippen LogP contribution < -0.4 is 0 Å². The van der Waals surface area contributed by atoms with E-state index in [9.17, 15) is 9.90 Å². The van der Waals surface area contributed by atoms with Crippen molar-refractivity contribution in [1.82, 2.24) is 0 Å². The van der Waals surface area contributed by atoms with E-state index >= 15 is 0 Å². The van der Waals surface area contributed by atoms with Crippen molar-refractivity contribution in [2.24, 2.45) is 11.3 Å². The second-order valence-electron chi connectivity index (χ2n) is 6.73. The molecule has 1 N–H and O–H groups in total. The molecule has 1 aliphatic carbocycles. The van der Waals surface area contributed by atoms with Gasteiger partial charge in [0.15, 0.2) is 0 Å². The van der Waals surface area contributed by atoms with Crippen LogP contribution in [-0.4, -0.2) is 22.8 Å². The van der Waals surface area contributed by atoms with Crippen LogP contribution in [0.5, 0.6) is 0 Å². The predicted octanol–water partition coefficient (Wildman–Crippen LogP) is 3.30. The molecule has 0 amide bonds. The summed E-state index contributed by atoms with van der Waals surface area (Å²) in [6.45, 7) is 9.45. The first kappa shape index (κ1) is 15.5. The number of hydrogen-bond acceptors (Lipinski definition) is 3. The average molecular weight is 256 g/mol. The minimum absolute atomic E-state index is 0.0582. The van der Waals surface area contributed by atoms with Gasteiger partial charge < -0.3 is 9.84 Å². The summed E-state index contributed by atoms with van der Waals surface area (Å²) in [7, 11) is 0. The molecule has 0 aliphatic heterocycles. The number of carbonyl (C=O) groups is 1. The van der Waals surface area contributed by atoms with Gasteiger partial charge in [0.25, 0.3) is 0 Å². The van der Waals surface area contributed by atoms with E-state index in [1.54, 1.807) is 0 Å². The third-order valence-electron chi connectivity index (χ3n) is 4.30. The smallest absolute Gasteiger partial charge is 0.311 e. The van der Waals surface area contributed by atoms with Crippen LogP contribution in [0.25, 0.3) is 0 Å². The quantitative estimate of drug-likeness (QED) is 0.785. The molecule has 1 rings (SSSR count). The Morgan fingerprint density at radius 3 is 2.28 bits per heavy atom. The van der Waals surface area contributed by atoms with E-state index in [0.717, 1.165) is 32.1 Å². The second kappa shape index (κ2) is 5.60. The lowest BCUT2D eigenvalue weighted by Crippen LogP contribution is -2.44. The van der Waals surface area contributed by atoms with Crippen molar-refractivity contribution in [3.8, 4) is 0 Å². The molecular formula is C15H28O3. The topological polar surface area (TPSA) is 46.5 Å². The maximum absolute atomic E-state index is 12.1. The minimum atomic E-state index is -0.776. The first-order chi connectivity index (χ1) is 8.18. The van der Waals surface area contributed by atoms with E-state index in [2.05, 4.69) is 0 Å². The van der Waals surface area contributed by atoms with E-state index in [1.807, 2.05) is 34.6 Å². The van der Waals surface area contributed by atoms with Gasteiger partial charge in [0, 0.05) is 5.92 Å². The van der Waals surface area contributed by atoms with Gasteiger partial charge >= 0.3 is 5.97 Å². The molecule has 0 aromatic heterocycles. The first-order valence-corrected chi connectivity index (χ1v) is 7.12. The van der Waals surface area contributed by atoms with Gasteiger partial charge in [-0.2, -0.15) is 0 Å². The maximum Gasteiger partial charge on any atom is 0.311 e. The van der Waals surface area contributed by atoms with Crippen molar-refractivity contribution in [2.45, 2.75) is 78.4 Å². The summed E-state index contributed by atoms with van der Waals surface area (Å²) >= 11 is 0. The van der Waals surface area contributed by atoms with Gasteiger partial charge in [0.05, 0.1) is 11.0 Å². The molecule has 0 aromatic carbocycles. The van der Waals surface area contributed by atoms with E-state index in [1.165, 1.54) is 0 Å². The van der Waals surface area contributed by atoms with Gasteiger partial charge in [-0.1, -0.05) is 13.3 Å². The summed E-state index contributed by atoms with van der Waals surface area (Å²) in [5.74, 6) is -0.0750. The van der Waals surface area contributed by atoms with Crippen LogP contribution in [0, 0.1) is 11.3 Å². The van der Waals surface area contributed by atoms with Crippen LogP contribution in [0.3, 0.4) is 0 Å². The highest BCUT2D eigenvalue weighted by Gasteiger charge is 2.40. The summed E-state index contributed by atoms with van der Waals surface area (Å²) in [5.41, 5.74) is -1.21. The van der Waals surface area contributed by atoms with Gasteiger partial charge in [-0.05, 0) is 53.4 Å². The summed E-state index contributed by atoms with van der Waals surface area (Å²) in [6, 6.07) is 0. The molecule has 0 bridgehead atoms. The fraction of sp³-hybridized carbons (Fsp3) is 0.933. The van der Waals surface area contributed by atoms with Crippen LogP contribution in [0.2, 0.25) is 0 Å². The van der Waals surface area contributed by atoms with Gasteiger partial charge in [-0.3, -0.25) is 4.79 Å². The lowest BCUT2D eigenvalue weighted by molar-refractivity contribution is -0.171. The summed E-state index contributed by atoms with van der Waals surface area (Å²) in [4.78, 5) is 12.1. The fourth-order valence-electron chi connectivity index (χ4n) is 2.49. The van der Waals surface area contributed by atoms with Gasteiger partial charge in [0.2, 0.25) is 0 Å². The monoisotopic (exact) mass is 256 g/mol. The number of aliphatic hydroxyl groups is 1. The Morgan fingerprint density at radius 1 is 1.22 bits per heavy atom. The number of carbonyl (C=O) groups excluding carboxylic acids is 1. The predicted molar refractivity (Wildman–Crippen MR) is 72.2 cm³/mol. The Hall–Kier alpha value is -0.570. The fourth-order valence-corrected chi connectivity index (χ4v) is 2.49. The highest BCUT2D eigenvalue weighted by Crippen LogP contribution is 2.36. The van der Waals surface area contributed by atoms with E-state index in [0.29, 0.717) is 0 Å². The largest absolute Gasteiger partial charge is 0.462 e. The Morgan fingerprint density at radius 2 is 1.78 bits per heavy atom. The lowest BCUT2D eigenvalue weighted by Gasteiger charge is -2.39. The molecule has 0 saturated heterocycles. The Bertz CT molecular complexity index is 289. The van der Waals surface area contributed by atoms with Crippen LogP contribution in [-0.2, 0) is 9.53 Å². The molecule has 0 radical (unpaired) electrons. The summed E-state index contributed by atoms with van der Waals surface area (Å²) < 4.78 is 5.69. The number of esters is 1. The average Bonchev–Trinajstić information content (AvgIpc) is 2.28. The third kappa shape index (κ3) is 3.71. The zero-order valence-corrected chi connectivity index (χ0v) is 12.5. The molecule has 3 nitrogen and oxygen atoms in total. The molecule has 0 spiro atoms. The van der Waals surface area contributed by atoms with Crippen molar-refractivity contribution < 1.29 is 14.6 Å². The number of ether oxygens (including phenoxy) is 1. The SMILES string of the molecule is CCC(C)(C)C(=O)OC1CCCCC1C(C)(C)O. The molecule has 2 atom stereocenters. The normalized spacial score (nSPS) is 25.9. The molecule has 0 aromatic rings. The standard InChI is InChI=1S/C15H28O3/c1-6-14(2,3)13(16)18-12-10-8-7-9-11(12)15(4,5)17/h11-12,17H,6-10H2,1-5H3. The first-order valence-electron chi connectivity index (χ1n) is 7.12. The second-order valence-corrected chi connectivity index (χ2v) is 6.73. The lowest BCUT2D eigenvalue weighted by atomic mass is 9.76. The molecule has 106 valence electrons. The summed E-state index contributed by atoms with van der Waals surface area (Å²) in [5, 5.41) is 10.2. The minimum Gasteiger partial charge on any atom is -0.462 e. The third-order valence-corrected chi connectivity index (χ3v) is 4.30. The Balaban J connectivity index is 2.72. The molecule has 0 heterocycles. The molecule has 3 heteroatoms. The molecule has 1 fully saturated rings. The highest BCUT2D eigenvalue weighted by atomic mass is 16.5. The van der Waals surface area contributed by atoms with Crippen LogP contribution >= 0.6 is 0 Å². The Kier molecular flexibility index (Phi) is 4.82. The van der Waals surface area contributed by atoms with Crippen LogP contribution in [0.1, 0.15) is 66.7 Å². The van der Waals surface area contributed by atoms with Gasteiger partial charge in [-0.15, -0.1) is 0 Å². The van der Waals surface area contributed by atoms with Crippen molar-refractivity contribution >= 4 is 5.97 Å². The van der Waals surface area contributed by atoms with Crippen molar-refractivity contribution in [2.75, 3.05) is 0 Å². The Labute approximate surface area is 111 Å². The van der Waals surface area contributed by atoms with E-state index in [4.69, 9.17) is 4.74 Å². The maximum atomic E-state index is 12.1. The molecular weight excluding hydrogens is 228 g/mol. The molecule has 18 heavy (non-hydrogen) atoms. The molecule has 1 saturated carbocycles. The number of hydrogen-bond donors (Lipinski definition) is 1. The summed E-state index contributed by atoms with van der Waals surface area (Å²) in [6.07, 6.45) is 4.65. The van der Waals surface area contributed by atoms with Gasteiger partial charge in [-0.25, -0.2) is 0 Å². The van der Waals surface area contributed by atoms with Crippen molar-refractivity contribution in [3.63, 3.8) is 0 Å². The molecule has 1 aliphatic rings. The van der Waals surface area contributed by atoms with Crippen molar-refractivity contribution in [1.29, 1.82) is 0 Å². The van der Waals surface area contributed by atoms with Crippen molar-refractivity contribution in [3.05, 3.63) is 0 Å². The molecule has 2 unspecified atom stereocenters. The number of rotatable bonds is 4. The van der Waals surface area contributed by atoms with E-state index < -0.39 is 11.0 Å². The zero-order chi connectivity index (χ0) is 14.0. The highest BCUT2D eigenvalue weighted by molar-refractivity contribution is 5.76. The zero-order valence-electron chi connectivity index (χ0n) is 12.5. The van der Waals surface area contributed by atoms with Crippen LogP contribution in [0.15, 0.2) is 0 Å². The van der Waals surface area contributed by atoms with Gasteiger partial charge in [0.1, 0.15) is 6.10 Å².